The van der Waals surface area contributed by atoms with Crippen LogP contribution in [0.1, 0.15) is 52.8 Å². The number of urea groups is 1. The van der Waals surface area contributed by atoms with E-state index in [1.165, 1.54) is 13.2 Å². The number of nitrogens with one attached hydrogen (secondary N) is 3. The number of esters is 1. The molecule has 0 fully saturated rings. The molecule has 2 aromatic carbocycles. The molecule has 232 valence electrons. The maximum atomic E-state index is 12.4. The van der Waals surface area contributed by atoms with Gasteiger partial charge in [0.2, 0.25) is 0 Å². The molecule has 13 heteroatoms. The molecule has 0 bridgehead atoms. The summed E-state index contributed by atoms with van der Waals surface area (Å²) in [5.41, 5.74) is 7.25. The van der Waals surface area contributed by atoms with Gasteiger partial charge in [0.15, 0.2) is 17.7 Å². The van der Waals surface area contributed by atoms with E-state index in [1.54, 1.807) is 50.4 Å². The number of aromatic carboxylic acids is 1. The maximum absolute atomic E-state index is 12.4. The van der Waals surface area contributed by atoms with E-state index in [-0.39, 0.29) is 17.7 Å². The third-order valence-electron chi connectivity index (χ3n) is 6.92. The van der Waals surface area contributed by atoms with Crippen LogP contribution in [0, 0.1) is 13.8 Å². The smallest absolute Gasteiger partial charge is 0.337 e. The summed E-state index contributed by atoms with van der Waals surface area (Å²) in [7, 11) is 1.27. The molecular weight excluding hydrogens is 570 g/mol. The number of nitrogens with zero attached hydrogens (tertiary/aromatic N) is 2. The molecule has 4 rings (SSSR count). The number of methoxy groups -OCH3 is 1. The van der Waals surface area contributed by atoms with Gasteiger partial charge in [-0.3, -0.25) is 5.43 Å². The van der Waals surface area contributed by atoms with Crippen molar-refractivity contribution in [2.45, 2.75) is 40.0 Å². The Morgan fingerprint density at radius 2 is 1.89 bits per heavy atom. The zero-order chi connectivity index (χ0) is 32.0. The Kier molecular flexibility index (Phi) is 9.91. The molecule has 1 aromatic heterocycles. The van der Waals surface area contributed by atoms with Gasteiger partial charge in [0.05, 0.1) is 37.1 Å². The van der Waals surface area contributed by atoms with Gasteiger partial charge in [-0.05, 0) is 69.7 Å². The summed E-state index contributed by atoms with van der Waals surface area (Å²) in [5, 5.41) is 29.3. The van der Waals surface area contributed by atoms with Gasteiger partial charge in [0.1, 0.15) is 6.61 Å². The lowest BCUT2D eigenvalue weighted by Gasteiger charge is -2.28. The lowest BCUT2D eigenvalue weighted by Crippen LogP contribution is -2.45. The third kappa shape index (κ3) is 7.01. The van der Waals surface area contributed by atoms with E-state index in [4.69, 9.17) is 14.2 Å². The molecule has 3 aromatic rings. The maximum Gasteiger partial charge on any atom is 0.337 e. The number of aryl methyl sites for hydroxylation is 1. The molecule has 0 radical (unpaired) electrons. The van der Waals surface area contributed by atoms with Gasteiger partial charge in [-0.25, -0.2) is 14.4 Å². The molecule has 0 unspecified atom stereocenters. The molecule has 0 spiro atoms. The number of hydrazone groups is 1. The number of hydrogen-bond acceptors (Lipinski definition) is 9. The molecule has 5 N–H and O–H groups in total. The van der Waals surface area contributed by atoms with Crippen molar-refractivity contribution in [2.24, 2.45) is 5.10 Å². The molecule has 2 atom stereocenters. The molecule has 2 heterocycles. The number of benzene rings is 2. The average molecular weight is 606 g/mol. The Labute approximate surface area is 254 Å². The number of amides is 2. The first-order valence-corrected chi connectivity index (χ1v) is 13.8. The van der Waals surface area contributed by atoms with E-state index in [9.17, 15) is 24.6 Å². The fourth-order valence-electron chi connectivity index (χ4n) is 4.91. The van der Waals surface area contributed by atoms with Crippen LogP contribution in [-0.4, -0.2) is 65.5 Å². The molecule has 0 saturated heterocycles. The van der Waals surface area contributed by atoms with Crippen molar-refractivity contribution in [3.8, 4) is 17.2 Å². The number of allylic oxidation sites excluding steroid dienone is 1. The van der Waals surface area contributed by atoms with Crippen molar-refractivity contribution in [2.75, 3.05) is 20.3 Å². The van der Waals surface area contributed by atoms with Gasteiger partial charge < -0.3 is 39.6 Å². The largest absolute Gasteiger partial charge is 0.490 e. The summed E-state index contributed by atoms with van der Waals surface area (Å²) < 4.78 is 18.4. The van der Waals surface area contributed by atoms with Gasteiger partial charge in [-0.2, -0.15) is 5.10 Å². The SMILES string of the molecule is CCOc1cc([C@H]2NC(=O)NC(C)=C2C(=O)OC)ccc1OC[C@@H](O)N/N=C\c1cc(C)n(-c2cccc(C(=O)O)c2)c1C. The standard InChI is InChI=1S/C31H35N5O8/c1-6-43-25-14-20(28-27(30(40)42-5)18(3)33-31(41)34-28)10-11-24(25)44-16-26(37)35-32-15-22-12-17(2)36(19(22)4)23-9-7-8-21(13-23)29(38)39/h7-15,26,28,35,37H,6,16H2,1-5H3,(H,38,39)(H2,33,34,41)/b32-15-/t26-,28-/m1/s1. The second-order valence-corrected chi connectivity index (χ2v) is 9.93. The van der Waals surface area contributed by atoms with E-state index >= 15 is 0 Å². The van der Waals surface area contributed by atoms with Crippen molar-refractivity contribution in [1.82, 2.24) is 20.6 Å². The zero-order valence-electron chi connectivity index (χ0n) is 25.0. The number of carbonyl (C=O) groups is 3. The van der Waals surface area contributed by atoms with Gasteiger partial charge in [0.25, 0.3) is 0 Å². The molecule has 13 nitrogen and oxygen atoms in total. The predicted octanol–water partition coefficient (Wildman–Crippen LogP) is 3.31. The second kappa shape index (κ2) is 13.8. The van der Waals surface area contributed by atoms with Crippen LogP contribution in [-0.2, 0) is 9.53 Å². The summed E-state index contributed by atoms with van der Waals surface area (Å²) in [4.78, 5) is 36.0. The lowest BCUT2D eigenvalue weighted by molar-refractivity contribution is -0.136. The quantitative estimate of drug-likeness (QED) is 0.0899. The molecule has 1 aliphatic rings. The molecule has 1 aliphatic heterocycles. The van der Waals surface area contributed by atoms with Crippen molar-refractivity contribution in [3.63, 3.8) is 0 Å². The first-order chi connectivity index (χ1) is 21.0. The van der Waals surface area contributed by atoms with E-state index in [2.05, 4.69) is 21.2 Å². The number of hydrogen-bond donors (Lipinski definition) is 5. The Morgan fingerprint density at radius 3 is 2.59 bits per heavy atom. The minimum absolute atomic E-state index is 0.172. The first-order valence-electron chi connectivity index (χ1n) is 13.8. The Hall–Kier alpha value is -5.30. The van der Waals surface area contributed by atoms with Crippen LogP contribution < -0.4 is 25.5 Å². The number of aliphatic hydroxyl groups is 1. The van der Waals surface area contributed by atoms with Crippen molar-refractivity contribution >= 4 is 24.2 Å². The molecule has 44 heavy (non-hydrogen) atoms. The van der Waals surface area contributed by atoms with Crippen molar-refractivity contribution in [3.05, 3.63) is 87.9 Å². The summed E-state index contributed by atoms with van der Waals surface area (Å²) in [5.74, 6) is -0.888. The minimum Gasteiger partial charge on any atom is -0.490 e. The number of carboxylic acids is 1. The van der Waals surface area contributed by atoms with Gasteiger partial charge in [-0.15, -0.1) is 0 Å². The van der Waals surface area contributed by atoms with E-state index in [0.29, 0.717) is 35.1 Å². The van der Waals surface area contributed by atoms with Gasteiger partial charge in [0, 0.05) is 28.3 Å². The van der Waals surface area contributed by atoms with E-state index in [1.807, 2.05) is 30.5 Å². The second-order valence-electron chi connectivity index (χ2n) is 9.93. The number of aromatic nitrogens is 1. The number of ether oxygens (including phenoxy) is 3. The summed E-state index contributed by atoms with van der Waals surface area (Å²) >= 11 is 0. The predicted molar refractivity (Wildman–Crippen MR) is 161 cm³/mol. The Morgan fingerprint density at radius 1 is 1.11 bits per heavy atom. The van der Waals surface area contributed by atoms with Crippen LogP contribution >= 0.6 is 0 Å². The first kappa shape index (κ1) is 31.6. The van der Waals surface area contributed by atoms with Crippen LogP contribution in [0.4, 0.5) is 4.79 Å². The van der Waals surface area contributed by atoms with Gasteiger partial charge >= 0.3 is 18.0 Å². The highest BCUT2D eigenvalue weighted by atomic mass is 16.5. The molecule has 0 aliphatic carbocycles. The molecular formula is C31H35N5O8. The minimum atomic E-state index is -1.17. The number of carboxylic acid groups (broad SMARTS) is 1. The Bertz CT molecular complexity index is 1630. The Balaban J connectivity index is 1.44. The summed E-state index contributed by atoms with van der Waals surface area (Å²) in [6.07, 6.45) is 0.391. The van der Waals surface area contributed by atoms with E-state index in [0.717, 1.165) is 17.0 Å². The van der Waals surface area contributed by atoms with Crippen LogP contribution in [0.5, 0.6) is 11.5 Å². The van der Waals surface area contributed by atoms with Crippen molar-refractivity contribution in [1.29, 1.82) is 0 Å². The normalized spacial score (nSPS) is 15.4. The topological polar surface area (TPSA) is 173 Å². The molecule has 0 saturated carbocycles. The fourth-order valence-corrected chi connectivity index (χ4v) is 4.91. The number of rotatable bonds is 12. The van der Waals surface area contributed by atoms with Crippen LogP contribution in [0.3, 0.4) is 0 Å². The summed E-state index contributed by atoms with van der Waals surface area (Å²) in [6, 6.07) is 12.3. The van der Waals surface area contributed by atoms with Crippen LogP contribution in [0.25, 0.3) is 5.69 Å². The zero-order valence-corrected chi connectivity index (χ0v) is 25.0. The van der Waals surface area contributed by atoms with Crippen LogP contribution in [0.2, 0.25) is 0 Å². The van der Waals surface area contributed by atoms with Crippen LogP contribution in [0.15, 0.2) is 64.9 Å². The highest BCUT2D eigenvalue weighted by Crippen LogP contribution is 2.35. The molecule has 2 amide bonds. The summed E-state index contributed by atoms with van der Waals surface area (Å²) in [6.45, 7) is 7.36. The fraction of sp³-hybridized carbons (Fsp3) is 0.290. The highest BCUT2D eigenvalue weighted by molar-refractivity contribution is 5.95. The highest BCUT2D eigenvalue weighted by Gasteiger charge is 2.32. The number of carbonyl (C=O) groups excluding carboxylic acids is 2. The van der Waals surface area contributed by atoms with E-state index < -0.39 is 30.2 Å². The average Bonchev–Trinajstić information content (AvgIpc) is 3.28. The van der Waals surface area contributed by atoms with Gasteiger partial charge in [-0.1, -0.05) is 12.1 Å². The third-order valence-corrected chi connectivity index (χ3v) is 6.92. The number of aliphatic hydroxyl groups excluding tert-OH is 1. The van der Waals surface area contributed by atoms with Crippen molar-refractivity contribution < 1.29 is 38.8 Å². The lowest BCUT2D eigenvalue weighted by atomic mass is 9.95. The monoisotopic (exact) mass is 605 g/mol.